The summed E-state index contributed by atoms with van der Waals surface area (Å²) in [6, 6.07) is 0.296. The molecule has 118 valence electrons. The number of rotatable bonds is 3. The zero-order valence-corrected chi connectivity index (χ0v) is 10.0. The molecular weight excluding hydrogens is 308 g/mol. The van der Waals surface area contributed by atoms with E-state index in [2.05, 4.69) is 5.73 Å². The van der Waals surface area contributed by atoms with Crippen LogP contribution < -0.4 is 5.73 Å². The van der Waals surface area contributed by atoms with Gasteiger partial charge in [0.25, 0.3) is 0 Å². The second kappa shape index (κ2) is 5.53. The quantitative estimate of drug-likeness (QED) is 0.741. The molecule has 10 heteroatoms. The number of carbonyl (C=O) groups is 1. The minimum absolute atomic E-state index is 0.0135. The maximum Gasteiger partial charge on any atom is 0.416 e. The normalized spacial score (nSPS) is 15.6. The first-order valence-electron chi connectivity index (χ1n) is 5.29. The molecule has 4 N–H and O–H groups in total. The molecule has 0 heterocycles. The number of halogens is 6. The van der Waals surface area contributed by atoms with Crippen molar-refractivity contribution in [1.82, 2.24) is 0 Å². The van der Waals surface area contributed by atoms with E-state index < -0.39 is 47.2 Å². The highest BCUT2D eigenvalue weighted by atomic mass is 19.4. The van der Waals surface area contributed by atoms with E-state index in [1.54, 1.807) is 0 Å². The van der Waals surface area contributed by atoms with Crippen LogP contribution in [0.5, 0.6) is 0 Å². The number of carbonyl (C=O) groups excluding carboxylic acids is 1. The molecule has 0 saturated carbocycles. The molecule has 0 aliphatic heterocycles. The molecule has 21 heavy (non-hydrogen) atoms. The minimum atomic E-state index is -5.09. The summed E-state index contributed by atoms with van der Waals surface area (Å²) in [5.74, 6) is -1.58. The molecule has 4 nitrogen and oxygen atoms in total. The number of aliphatic hydroxyl groups is 2. The summed E-state index contributed by atoms with van der Waals surface area (Å²) in [5.41, 5.74) is 0.237. The van der Waals surface area contributed by atoms with Gasteiger partial charge in [-0.3, -0.25) is 4.79 Å². The largest absolute Gasteiger partial charge is 0.416 e. The molecule has 0 fully saturated rings. The van der Waals surface area contributed by atoms with Gasteiger partial charge in [0.05, 0.1) is 11.1 Å². The maximum absolute atomic E-state index is 12.7. The van der Waals surface area contributed by atoms with Crippen LogP contribution in [-0.2, 0) is 17.1 Å². The molecule has 2 unspecified atom stereocenters. The summed E-state index contributed by atoms with van der Waals surface area (Å²) in [5, 5.41) is 18.6. The fourth-order valence-electron chi connectivity index (χ4n) is 1.57. The fourth-order valence-corrected chi connectivity index (χ4v) is 1.57. The second-order valence-electron chi connectivity index (χ2n) is 4.09. The lowest BCUT2D eigenvalue weighted by Crippen LogP contribution is -2.35. The molecule has 0 aliphatic rings. The average molecular weight is 317 g/mol. The van der Waals surface area contributed by atoms with E-state index in [0.29, 0.717) is 0 Å². The molecule has 0 spiro atoms. The number of benzene rings is 1. The van der Waals surface area contributed by atoms with Crippen LogP contribution in [0.15, 0.2) is 18.2 Å². The number of nitrogens with two attached hydrogens (primary N) is 1. The topological polar surface area (TPSA) is 83.6 Å². The highest BCUT2D eigenvalue weighted by Gasteiger charge is 2.40. The zero-order chi connectivity index (χ0) is 16.6. The van der Waals surface area contributed by atoms with E-state index >= 15 is 0 Å². The van der Waals surface area contributed by atoms with Crippen LogP contribution in [0.25, 0.3) is 0 Å². The molecule has 1 aromatic carbocycles. The number of alkyl halides is 6. The van der Waals surface area contributed by atoms with Gasteiger partial charge in [-0.25, -0.2) is 0 Å². The molecule has 1 rings (SSSR count). The van der Waals surface area contributed by atoms with Gasteiger partial charge in [-0.1, -0.05) is 0 Å². The van der Waals surface area contributed by atoms with Crippen LogP contribution in [0, 0.1) is 0 Å². The third-order valence-electron chi connectivity index (χ3n) is 2.59. The van der Waals surface area contributed by atoms with E-state index in [9.17, 15) is 36.2 Å². The van der Waals surface area contributed by atoms with E-state index in [0.717, 1.165) is 0 Å². The second-order valence-corrected chi connectivity index (χ2v) is 4.09. The van der Waals surface area contributed by atoms with Crippen LogP contribution in [0.2, 0.25) is 0 Å². The number of hydrogen-bond acceptors (Lipinski definition) is 3. The first kappa shape index (κ1) is 17.2. The molecule has 0 aromatic heterocycles. The van der Waals surface area contributed by atoms with E-state index in [-0.39, 0.29) is 18.2 Å². The van der Waals surface area contributed by atoms with Gasteiger partial charge >= 0.3 is 12.4 Å². The Bertz CT molecular complexity index is 540. The van der Waals surface area contributed by atoms with Gasteiger partial charge in [0.2, 0.25) is 5.91 Å². The monoisotopic (exact) mass is 317 g/mol. The molecular formula is C11H9F6NO3. The fraction of sp³-hybridized carbons (Fsp3) is 0.364. The van der Waals surface area contributed by atoms with Gasteiger partial charge in [0.15, 0.2) is 6.10 Å². The summed E-state index contributed by atoms with van der Waals surface area (Å²) >= 11 is 0. The molecule has 1 amide bonds. The lowest BCUT2D eigenvalue weighted by molar-refractivity contribution is -0.144. The molecule has 2 atom stereocenters. The predicted octanol–water partition coefficient (Wildman–Crippen LogP) is 1.60. The lowest BCUT2D eigenvalue weighted by atomic mass is 9.95. The van der Waals surface area contributed by atoms with Gasteiger partial charge < -0.3 is 15.9 Å². The number of amides is 1. The van der Waals surface area contributed by atoms with Crippen molar-refractivity contribution in [2.75, 3.05) is 0 Å². The smallest absolute Gasteiger partial charge is 0.385 e. The maximum atomic E-state index is 12.7. The van der Waals surface area contributed by atoms with Gasteiger partial charge in [-0.05, 0) is 23.8 Å². The highest BCUT2D eigenvalue weighted by Crippen LogP contribution is 2.39. The van der Waals surface area contributed by atoms with Crippen LogP contribution in [-0.4, -0.2) is 22.2 Å². The standard InChI is InChI=1S/C11H9F6NO3/c12-10(13,14)4-1-2-6(11(15,16)17)5(3-4)7(19)8(20)9(18)21/h1-3,7-8,19-20H,(H2,18,21). The van der Waals surface area contributed by atoms with Crippen molar-refractivity contribution in [2.24, 2.45) is 5.73 Å². The summed E-state index contributed by atoms with van der Waals surface area (Å²) in [6.07, 6.45) is -15.1. The Balaban J connectivity index is 3.46. The highest BCUT2D eigenvalue weighted by molar-refractivity contribution is 5.79. The average Bonchev–Trinajstić information content (AvgIpc) is 2.34. The Labute approximate surface area is 113 Å². The van der Waals surface area contributed by atoms with E-state index in [1.165, 1.54) is 0 Å². The summed E-state index contributed by atoms with van der Waals surface area (Å²) in [7, 11) is 0. The van der Waals surface area contributed by atoms with Crippen molar-refractivity contribution < 1.29 is 41.4 Å². The molecule has 1 aromatic rings. The van der Waals surface area contributed by atoms with Crippen molar-refractivity contribution in [3.8, 4) is 0 Å². The van der Waals surface area contributed by atoms with Crippen LogP contribution >= 0.6 is 0 Å². The third kappa shape index (κ3) is 3.85. The Kier molecular flexibility index (Phi) is 4.54. The Hall–Kier alpha value is -1.81. The number of primary amides is 1. The summed E-state index contributed by atoms with van der Waals surface area (Å²) < 4.78 is 75.6. The summed E-state index contributed by atoms with van der Waals surface area (Å²) in [6.45, 7) is 0. The van der Waals surface area contributed by atoms with Crippen molar-refractivity contribution in [3.63, 3.8) is 0 Å². The van der Waals surface area contributed by atoms with Crippen molar-refractivity contribution in [1.29, 1.82) is 0 Å². The third-order valence-corrected chi connectivity index (χ3v) is 2.59. The van der Waals surface area contributed by atoms with E-state index in [1.807, 2.05) is 0 Å². The van der Waals surface area contributed by atoms with Gasteiger partial charge in [0, 0.05) is 0 Å². The van der Waals surface area contributed by atoms with Gasteiger partial charge in [-0.15, -0.1) is 0 Å². The molecule has 0 radical (unpaired) electrons. The molecule has 0 bridgehead atoms. The van der Waals surface area contributed by atoms with Crippen molar-refractivity contribution >= 4 is 5.91 Å². The SMILES string of the molecule is NC(=O)C(O)C(O)c1cc(C(F)(F)F)ccc1C(F)(F)F. The Morgan fingerprint density at radius 3 is 1.95 bits per heavy atom. The minimum Gasteiger partial charge on any atom is -0.385 e. The molecule has 0 aliphatic carbocycles. The summed E-state index contributed by atoms with van der Waals surface area (Å²) in [4.78, 5) is 10.7. The Morgan fingerprint density at radius 1 is 1.05 bits per heavy atom. The first-order valence-corrected chi connectivity index (χ1v) is 5.29. The van der Waals surface area contributed by atoms with Gasteiger partial charge in [-0.2, -0.15) is 26.3 Å². The predicted molar refractivity (Wildman–Crippen MR) is 56.6 cm³/mol. The Morgan fingerprint density at radius 2 is 1.57 bits per heavy atom. The van der Waals surface area contributed by atoms with Crippen LogP contribution in [0.4, 0.5) is 26.3 Å². The van der Waals surface area contributed by atoms with Crippen molar-refractivity contribution in [2.45, 2.75) is 24.6 Å². The van der Waals surface area contributed by atoms with Crippen molar-refractivity contribution in [3.05, 3.63) is 34.9 Å². The van der Waals surface area contributed by atoms with Crippen LogP contribution in [0.1, 0.15) is 22.8 Å². The van der Waals surface area contributed by atoms with E-state index in [4.69, 9.17) is 5.11 Å². The van der Waals surface area contributed by atoms with Crippen LogP contribution in [0.3, 0.4) is 0 Å². The zero-order valence-electron chi connectivity index (χ0n) is 10.0. The number of aliphatic hydroxyl groups excluding tert-OH is 2. The lowest BCUT2D eigenvalue weighted by Gasteiger charge is -2.21. The number of hydrogen-bond donors (Lipinski definition) is 3. The first-order chi connectivity index (χ1) is 9.35. The molecule has 0 saturated heterocycles. The van der Waals surface area contributed by atoms with Gasteiger partial charge in [0.1, 0.15) is 6.10 Å².